The Morgan fingerprint density at radius 1 is 0.929 bits per heavy atom. The molecule has 1 amide bonds. The van der Waals surface area contributed by atoms with Gasteiger partial charge in [-0.1, -0.05) is 18.2 Å². The van der Waals surface area contributed by atoms with Gasteiger partial charge in [0, 0.05) is 41.6 Å². The van der Waals surface area contributed by atoms with Crippen LogP contribution in [0.2, 0.25) is 0 Å². The summed E-state index contributed by atoms with van der Waals surface area (Å²) in [5.41, 5.74) is 3.24. The molecule has 28 heavy (non-hydrogen) atoms. The van der Waals surface area contributed by atoms with E-state index in [1.807, 2.05) is 61.5 Å². The number of para-hydroxylation sites is 1. The first-order valence-corrected chi connectivity index (χ1v) is 9.01. The van der Waals surface area contributed by atoms with Crippen molar-refractivity contribution >= 4 is 16.8 Å². The van der Waals surface area contributed by atoms with E-state index in [2.05, 4.69) is 15.3 Å². The highest BCUT2D eigenvalue weighted by molar-refractivity contribution is 5.96. The molecule has 0 atom stereocenters. The van der Waals surface area contributed by atoms with E-state index in [0.717, 1.165) is 22.0 Å². The number of amides is 1. The van der Waals surface area contributed by atoms with Gasteiger partial charge in [-0.2, -0.15) is 0 Å². The number of nitrogens with one attached hydrogen (secondary N) is 1. The summed E-state index contributed by atoms with van der Waals surface area (Å²) < 4.78 is 6.15. The summed E-state index contributed by atoms with van der Waals surface area (Å²) in [6, 6.07) is 18.9. The second-order valence-corrected chi connectivity index (χ2v) is 6.40. The molecular formula is C23H19N3O2. The zero-order chi connectivity index (χ0) is 19.3. The maximum atomic E-state index is 12.7. The molecule has 4 aromatic rings. The van der Waals surface area contributed by atoms with E-state index in [4.69, 9.17) is 4.74 Å². The third kappa shape index (κ3) is 3.69. The summed E-state index contributed by atoms with van der Waals surface area (Å²) >= 11 is 0. The Balaban J connectivity index is 1.57. The van der Waals surface area contributed by atoms with Crippen molar-refractivity contribution in [3.8, 4) is 11.5 Å². The third-order valence-electron chi connectivity index (χ3n) is 4.56. The Morgan fingerprint density at radius 3 is 2.61 bits per heavy atom. The average Bonchev–Trinajstić information content (AvgIpc) is 2.74. The van der Waals surface area contributed by atoms with Crippen molar-refractivity contribution in [2.45, 2.75) is 13.5 Å². The van der Waals surface area contributed by atoms with Crippen molar-refractivity contribution in [3.63, 3.8) is 0 Å². The van der Waals surface area contributed by atoms with Crippen molar-refractivity contribution in [1.29, 1.82) is 0 Å². The predicted octanol–water partition coefficient (Wildman–Crippen LogP) is 4.66. The van der Waals surface area contributed by atoms with Crippen LogP contribution in [0.4, 0.5) is 0 Å². The van der Waals surface area contributed by atoms with Crippen LogP contribution in [-0.2, 0) is 6.54 Å². The van der Waals surface area contributed by atoms with E-state index in [0.29, 0.717) is 23.6 Å². The van der Waals surface area contributed by atoms with Crippen molar-refractivity contribution in [2.75, 3.05) is 0 Å². The highest BCUT2D eigenvalue weighted by atomic mass is 16.5. The molecule has 138 valence electrons. The standard InChI is InChI=1S/C23H19N3O2/c1-16-18(23(27)26-15-17-9-12-24-13-10-17)6-4-8-21(16)28-22-11-14-25-20-7-3-2-5-19(20)22/h2-14H,15H2,1H3,(H,26,27). The first-order chi connectivity index (χ1) is 13.7. The Labute approximate surface area is 163 Å². The number of ether oxygens (including phenoxy) is 1. The smallest absolute Gasteiger partial charge is 0.251 e. The summed E-state index contributed by atoms with van der Waals surface area (Å²) in [6.45, 7) is 2.33. The molecule has 2 aromatic heterocycles. The fourth-order valence-electron chi connectivity index (χ4n) is 3.03. The second kappa shape index (κ2) is 7.88. The van der Waals surface area contributed by atoms with Crippen LogP contribution in [0, 0.1) is 6.92 Å². The zero-order valence-corrected chi connectivity index (χ0v) is 15.4. The fourth-order valence-corrected chi connectivity index (χ4v) is 3.03. The molecule has 1 N–H and O–H groups in total. The highest BCUT2D eigenvalue weighted by Crippen LogP contribution is 2.31. The number of carbonyl (C=O) groups excluding carboxylic acids is 1. The lowest BCUT2D eigenvalue weighted by molar-refractivity contribution is 0.0950. The molecule has 5 nitrogen and oxygen atoms in total. The number of hydrogen-bond donors (Lipinski definition) is 1. The van der Waals surface area contributed by atoms with E-state index >= 15 is 0 Å². The van der Waals surface area contributed by atoms with Crippen LogP contribution in [0.1, 0.15) is 21.5 Å². The monoisotopic (exact) mass is 369 g/mol. The maximum absolute atomic E-state index is 12.7. The Morgan fingerprint density at radius 2 is 1.75 bits per heavy atom. The molecule has 0 saturated carbocycles. The largest absolute Gasteiger partial charge is 0.456 e. The van der Waals surface area contributed by atoms with Gasteiger partial charge in [-0.15, -0.1) is 0 Å². The number of benzene rings is 2. The molecular weight excluding hydrogens is 350 g/mol. The van der Waals surface area contributed by atoms with Crippen molar-refractivity contribution in [2.24, 2.45) is 0 Å². The van der Waals surface area contributed by atoms with Gasteiger partial charge in [-0.25, -0.2) is 0 Å². The Bertz CT molecular complexity index is 1120. The minimum Gasteiger partial charge on any atom is -0.456 e. The summed E-state index contributed by atoms with van der Waals surface area (Å²) in [4.78, 5) is 21.0. The molecule has 2 aromatic carbocycles. The second-order valence-electron chi connectivity index (χ2n) is 6.40. The van der Waals surface area contributed by atoms with Crippen LogP contribution in [0.25, 0.3) is 10.9 Å². The minimum atomic E-state index is -0.139. The Hall–Kier alpha value is -3.73. The van der Waals surface area contributed by atoms with Crippen LogP contribution >= 0.6 is 0 Å². The van der Waals surface area contributed by atoms with Crippen molar-refractivity contribution < 1.29 is 9.53 Å². The normalized spacial score (nSPS) is 10.6. The number of fused-ring (bicyclic) bond motifs is 1. The lowest BCUT2D eigenvalue weighted by atomic mass is 10.1. The molecule has 0 unspecified atom stereocenters. The topological polar surface area (TPSA) is 64.1 Å². The molecule has 0 aliphatic rings. The van der Waals surface area contributed by atoms with Gasteiger partial charge in [-0.05, 0) is 55.0 Å². The number of hydrogen-bond acceptors (Lipinski definition) is 4. The fraction of sp³-hybridized carbons (Fsp3) is 0.0870. The van der Waals surface area contributed by atoms with Crippen LogP contribution < -0.4 is 10.1 Å². The van der Waals surface area contributed by atoms with Crippen LogP contribution in [0.3, 0.4) is 0 Å². The van der Waals surface area contributed by atoms with Gasteiger partial charge < -0.3 is 10.1 Å². The minimum absolute atomic E-state index is 0.139. The van der Waals surface area contributed by atoms with Crippen LogP contribution in [0.15, 0.2) is 79.3 Å². The van der Waals surface area contributed by atoms with Crippen molar-refractivity contribution in [1.82, 2.24) is 15.3 Å². The molecule has 0 spiro atoms. The third-order valence-corrected chi connectivity index (χ3v) is 4.56. The first-order valence-electron chi connectivity index (χ1n) is 9.01. The molecule has 0 saturated heterocycles. The number of aromatic nitrogens is 2. The molecule has 0 bridgehead atoms. The number of rotatable bonds is 5. The molecule has 2 heterocycles. The summed E-state index contributed by atoms with van der Waals surface area (Å²) in [5, 5.41) is 3.87. The zero-order valence-electron chi connectivity index (χ0n) is 15.4. The number of nitrogens with zero attached hydrogens (tertiary/aromatic N) is 2. The SMILES string of the molecule is Cc1c(Oc2ccnc3ccccc23)cccc1C(=O)NCc1ccncc1. The van der Waals surface area contributed by atoms with Crippen LogP contribution in [-0.4, -0.2) is 15.9 Å². The highest BCUT2D eigenvalue weighted by Gasteiger charge is 2.14. The summed E-state index contributed by atoms with van der Waals surface area (Å²) in [7, 11) is 0. The molecule has 4 rings (SSSR count). The predicted molar refractivity (Wildman–Crippen MR) is 108 cm³/mol. The van der Waals surface area contributed by atoms with Gasteiger partial charge in [-0.3, -0.25) is 14.8 Å². The lowest BCUT2D eigenvalue weighted by Gasteiger charge is -2.14. The molecule has 5 heteroatoms. The van der Waals surface area contributed by atoms with Gasteiger partial charge in [0.1, 0.15) is 11.5 Å². The molecule has 0 aliphatic carbocycles. The lowest BCUT2D eigenvalue weighted by Crippen LogP contribution is -2.23. The summed E-state index contributed by atoms with van der Waals surface area (Å²) in [6.07, 6.45) is 5.14. The molecule has 0 aliphatic heterocycles. The molecule has 0 radical (unpaired) electrons. The van der Waals surface area contributed by atoms with E-state index in [-0.39, 0.29) is 5.91 Å². The van der Waals surface area contributed by atoms with Gasteiger partial charge in [0.15, 0.2) is 0 Å². The number of carbonyl (C=O) groups is 1. The maximum Gasteiger partial charge on any atom is 0.251 e. The molecule has 0 fully saturated rings. The quantitative estimate of drug-likeness (QED) is 0.556. The first kappa shape index (κ1) is 17.7. The van der Waals surface area contributed by atoms with Gasteiger partial charge in [0.05, 0.1) is 5.52 Å². The van der Waals surface area contributed by atoms with E-state index in [9.17, 15) is 4.79 Å². The van der Waals surface area contributed by atoms with Crippen LogP contribution in [0.5, 0.6) is 11.5 Å². The average molecular weight is 369 g/mol. The Kier molecular flexibility index (Phi) is 4.97. The van der Waals surface area contributed by atoms with Crippen molar-refractivity contribution in [3.05, 3.63) is 95.9 Å². The summed E-state index contributed by atoms with van der Waals surface area (Å²) in [5.74, 6) is 1.22. The van der Waals surface area contributed by atoms with Gasteiger partial charge in [0.25, 0.3) is 5.91 Å². The van der Waals surface area contributed by atoms with E-state index in [1.165, 1.54) is 0 Å². The number of pyridine rings is 2. The van der Waals surface area contributed by atoms with Gasteiger partial charge >= 0.3 is 0 Å². The van der Waals surface area contributed by atoms with E-state index < -0.39 is 0 Å². The van der Waals surface area contributed by atoms with E-state index in [1.54, 1.807) is 24.7 Å². The van der Waals surface area contributed by atoms with Gasteiger partial charge in [0.2, 0.25) is 0 Å².